The summed E-state index contributed by atoms with van der Waals surface area (Å²) in [5.41, 5.74) is 7.29. The molecule has 2 aliphatic heterocycles. The number of fused-ring (bicyclic) bond motifs is 1. The number of esters is 1. The average Bonchev–Trinajstić information content (AvgIpc) is 3.48. The molecule has 218 valence electrons. The van der Waals surface area contributed by atoms with Crippen molar-refractivity contribution < 1.29 is 23.1 Å². The molecule has 0 spiro atoms. The molecule has 1 unspecified atom stereocenters. The van der Waals surface area contributed by atoms with Crippen LogP contribution in [0.25, 0.3) is 11.2 Å². The fourth-order valence-electron chi connectivity index (χ4n) is 5.95. The maximum Gasteiger partial charge on any atom is 0.324 e. The number of ether oxygens (including phenoxy) is 2. The predicted octanol–water partition coefficient (Wildman–Crippen LogP) is 3.94. The monoisotopic (exact) mass is 578 g/mol. The van der Waals surface area contributed by atoms with Crippen molar-refractivity contribution in [2.24, 2.45) is 0 Å². The van der Waals surface area contributed by atoms with E-state index in [0.717, 1.165) is 36.3 Å². The van der Waals surface area contributed by atoms with Crippen molar-refractivity contribution >= 4 is 39.6 Å². The van der Waals surface area contributed by atoms with Crippen LogP contribution in [-0.2, 0) is 23.1 Å². The molecular formula is C26H46N6O5Si2. The van der Waals surface area contributed by atoms with E-state index in [1.165, 1.54) is 13.4 Å². The van der Waals surface area contributed by atoms with E-state index >= 15 is 0 Å². The molecule has 0 saturated carbocycles. The number of hydrogen-bond acceptors (Lipinski definition) is 10. The molecule has 0 amide bonds. The molecule has 0 aliphatic carbocycles. The molecule has 6 atom stereocenters. The first-order valence-electron chi connectivity index (χ1n) is 14.5. The van der Waals surface area contributed by atoms with Crippen LogP contribution in [0.1, 0.15) is 47.8 Å². The largest absolute Gasteiger partial charge is 0.468 e. The average molecular weight is 579 g/mol. The van der Waals surface area contributed by atoms with Crippen LogP contribution in [0.2, 0.25) is 36.3 Å². The maximum absolute atomic E-state index is 12.2. The Bertz CT molecular complexity index is 1110. The predicted molar refractivity (Wildman–Crippen MR) is 155 cm³/mol. The van der Waals surface area contributed by atoms with E-state index in [2.05, 4.69) is 61.4 Å². The highest BCUT2D eigenvalue weighted by Crippen LogP contribution is 2.42. The maximum atomic E-state index is 12.2. The summed E-state index contributed by atoms with van der Waals surface area (Å²) < 4.78 is 28.3. The van der Waals surface area contributed by atoms with Crippen molar-refractivity contribution in [3.63, 3.8) is 0 Å². The van der Waals surface area contributed by atoms with Gasteiger partial charge in [-0.15, -0.1) is 0 Å². The van der Waals surface area contributed by atoms with Gasteiger partial charge in [0.05, 0.1) is 13.4 Å². The highest BCUT2D eigenvalue weighted by molar-refractivity contribution is 6.74. The second kappa shape index (κ2) is 12.3. The van der Waals surface area contributed by atoms with Gasteiger partial charge >= 0.3 is 5.97 Å². The number of hydrogen-bond donors (Lipinski definition) is 1. The smallest absolute Gasteiger partial charge is 0.324 e. The summed E-state index contributed by atoms with van der Waals surface area (Å²) in [5, 5.41) is 0. The number of carbonyl (C=O) groups is 1. The van der Waals surface area contributed by atoms with Gasteiger partial charge in [-0.05, 0) is 36.3 Å². The van der Waals surface area contributed by atoms with E-state index in [1.807, 2.05) is 4.57 Å². The van der Waals surface area contributed by atoms with Gasteiger partial charge in [-0.2, -0.15) is 0 Å². The van der Waals surface area contributed by atoms with E-state index in [-0.39, 0.29) is 30.3 Å². The van der Waals surface area contributed by atoms with Gasteiger partial charge in [0.1, 0.15) is 36.2 Å². The molecule has 0 aromatic carbocycles. The van der Waals surface area contributed by atoms with Gasteiger partial charge in [0, 0.05) is 13.1 Å². The summed E-state index contributed by atoms with van der Waals surface area (Å²) in [6.45, 7) is 14.6. The molecular weight excluding hydrogens is 532 g/mol. The molecule has 4 rings (SSSR count). The van der Waals surface area contributed by atoms with Gasteiger partial charge in [-0.3, -0.25) is 14.3 Å². The van der Waals surface area contributed by atoms with Crippen LogP contribution >= 0.6 is 0 Å². The molecule has 2 fully saturated rings. The zero-order valence-electron chi connectivity index (χ0n) is 24.6. The Morgan fingerprint density at radius 1 is 0.974 bits per heavy atom. The Balaban J connectivity index is 1.78. The van der Waals surface area contributed by atoms with E-state index in [9.17, 15) is 4.79 Å². The number of nitrogen functional groups attached to an aromatic ring is 1. The minimum Gasteiger partial charge on any atom is -0.468 e. The molecule has 2 aromatic heterocycles. The van der Waals surface area contributed by atoms with Crippen LogP contribution in [0.5, 0.6) is 0 Å². The van der Waals surface area contributed by atoms with E-state index in [0.29, 0.717) is 30.1 Å². The van der Waals surface area contributed by atoms with Crippen LogP contribution < -0.4 is 5.73 Å². The van der Waals surface area contributed by atoms with Gasteiger partial charge in [0.25, 0.3) is 0 Å². The summed E-state index contributed by atoms with van der Waals surface area (Å²) in [7, 11) is -2.69. The lowest BCUT2D eigenvalue weighted by Gasteiger charge is -2.39. The molecule has 0 radical (unpaired) electrons. The van der Waals surface area contributed by atoms with Gasteiger partial charge < -0.3 is 24.1 Å². The minimum atomic E-state index is -2.08. The van der Waals surface area contributed by atoms with Crippen molar-refractivity contribution in [3.8, 4) is 0 Å². The zero-order chi connectivity index (χ0) is 28.4. The number of aromatic nitrogens is 4. The molecule has 2 aliphatic rings. The lowest BCUT2D eigenvalue weighted by Crippen LogP contribution is -2.52. The summed E-state index contributed by atoms with van der Waals surface area (Å²) in [6, 6.07) is 5.85. The van der Waals surface area contributed by atoms with Crippen molar-refractivity contribution in [3.05, 3.63) is 12.7 Å². The molecule has 2 aromatic rings. The third kappa shape index (κ3) is 5.79. The normalized spacial score (nSPS) is 27.3. The van der Waals surface area contributed by atoms with Crippen LogP contribution in [0.3, 0.4) is 0 Å². The van der Waals surface area contributed by atoms with Crippen molar-refractivity contribution in [1.29, 1.82) is 0 Å². The molecule has 0 bridgehead atoms. The third-order valence-electron chi connectivity index (χ3n) is 9.19. The molecule has 11 nitrogen and oxygen atoms in total. The number of carbonyl (C=O) groups excluding carboxylic acids is 1. The summed E-state index contributed by atoms with van der Waals surface area (Å²) in [5.74, 6) is 0.119. The minimum absolute atomic E-state index is 0.212. The first-order valence-corrected chi connectivity index (χ1v) is 19.6. The van der Waals surface area contributed by atoms with Gasteiger partial charge in [0.15, 0.2) is 34.3 Å². The van der Waals surface area contributed by atoms with Crippen molar-refractivity contribution in [2.45, 2.75) is 108 Å². The highest BCUT2D eigenvalue weighted by Gasteiger charge is 2.55. The summed E-state index contributed by atoms with van der Waals surface area (Å²) in [4.78, 5) is 27.5. The zero-order valence-corrected chi connectivity index (χ0v) is 26.6. The Morgan fingerprint density at radius 3 is 2.13 bits per heavy atom. The van der Waals surface area contributed by atoms with Crippen molar-refractivity contribution in [2.75, 3.05) is 25.9 Å². The summed E-state index contributed by atoms with van der Waals surface area (Å²) >= 11 is 0. The van der Waals surface area contributed by atoms with Crippen LogP contribution in [0.4, 0.5) is 5.82 Å². The van der Waals surface area contributed by atoms with E-state index in [1.54, 1.807) is 6.33 Å². The second-order valence-corrected chi connectivity index (χ2v) is 20.2. The first kappa shape index (κ1) is 30.1. The van der Waals surface area contributed by atoms with Crippen LogP contribution in [0.15, 0.2) is 12.7 Å². The highest BCUT2D eigenvalue weighted by atomic mass is 28.4. The standard InChI is InChI=1S/C26H46N6O5Si2/c1-8-38(9-2,10-3)36-21-19(15-31-14-18(31)26(33)34-7)35-25(22(21)37-39(11-4,12-5)13-6)32-17-30-20-23(27)28-16-29-24(20)32/h16-19,21-22,25H,8-15H2,1-7H3,(H2,27,28,29)/t18-,19+,21+,22+,25+,31?/m0/s1. The lowest BCUT2D eigenvalue weighted by molar-refractivity contribution is -0.141. The van der Waals surface area contributed by atoms with E-state index < -0.39 is 22.9 Å². The quantitative estimate of drug-likeness (QED) is 0.200. The summed E-state index contributed by atoms with van der Waals surface area (Å²) in [6.07, 6.45) is 1.76. The van der Waals surface area contributed by atoms with Crippen molar-refractivity contribution in [1.82, 2.24) is 24.4 Å². The van der Waals surface area contributed by atoms with Gasteiger partial charge in [-0.25, -0.2) is 15.0 Å². The third-order valence-corrected chi connectivity index (χ3v) is 18.5. The Hall–Kier alpha value is -1.91. The Kier molecular flexibility index (Phi) is 9.49. The number of rotatable bonds is 14. The molecule has 13 heteroatoms. The molecule has 2 N–H and O–H groups in total. The lowest BCUT2D eigenvalue weighted by atomic mass is 10.1. The number of nitrogens with zero attached hydrogens (tertiary/aromatic N) is 5. The topological polar surface area (TPSA) is 127 Å². The van der Waals surface area contributed by atoms with Crippen LogP contribution in [-0.4, -0.2) is 91.6 Å². The second-order valence-electron chi connectivity index (χ2n) is 10.8. The SMILES string of the molecule is CC[Si](CC)(CC)O[C@@H]1[C@H](O[Si](CC)(CC)CC)[C@@H](CN2C[C@H]2C(=O)OC)O[C@H]1n1cnc2c(N)ncnc21. The number of methoxy groups -OCH3 is 1. The van der Waals surface area contributed by atoms with Crippen LogP contribution in [0, 0.1) is 0 Å². The fourth-order valence-corrected chi connectivity index (χ4v) is 11.6. The van der Waals surface area contributed by atoms with Gasteiger partial charge in [-0.1, -0.05) is 41.5 Å². The number of imidazole rings is 1. The fraction of sp³-hybridized carbons (Fsp3) is 0.769. The number of anilines is 1. The van der Waals surface area contributed by atoms with Gasteiger partial charge in [0.2, 0.25) is 0 Å². The first-order chi connectivity index (χ1) is 18.7. The molecule has 39 heavy (non-hydrogen) atoms. The number of nitrogens with two attached hydrogens (primary N) is 1. The molecule has 4 heterocycles. The Labute approximate surface area is 234 Å². The van der Waals surface area contributed by atoms with E-state index in [4.69, 9.17) is 24.1 Å². The Morgan fingerprint density at radius 2 is 1.56 bits per heavy atom. The molecule has 2 saturated heterocycles.